The largest absolute Gasteiger partial charge is 0.455 e. The molecule has 0 aliphatic carbocycles. The van der Waals surface area contributed by atoms with Gasteiger partial charge in [0.15, 0.2) is 5.76 Å². The molecule has 130 valence electrons. The Morgan fingerprint density at radius 1 is 1.21 bits per heavy atom. The molecule has 1 aromatic carbocycles. The lowest BCUT2D eigenvalue weighted by Crippen LogP contribution is -2.19. The van der Waals surface area contributed by atoms with Crippen LogP contribution in [0.2, 0.25) is 0 Å². The minimum Gasteiger partial charge on any atom is -0.455 e. The minimum absolute atomic E-state index is 0.0568. The average molecular weight is 362 g/mol. The van der Waals surface area contributed by atoms with E-state index in [9.17, 15) is 26.4 Å². The third-order valence-corrected chi connectivity index (χ3v) is 4.66. The molecular formula is C14H13F3N2O4S. The van der Waals surface area contributed by atoms with Gasteiger partial charge in [0.1, 0.15) is 10.7 Å². The summed E-state index contributed by atoms with van der Waals surface area (Å²) >= 11 is 0. The van der Waals surface area contributed by atoms with Crippen molar-refractivity contribution in [1.29, 1.82) is 0 Å². The number of carbonyl (C=O) groups is 1. The predicted molar refractivity (Wildman–Crippen MR) is 79.1 cm³/mol. The van der Waals surface area contributed by atoms with Crippen molar-refractivity contribution >= 4 is 21.6 Å². The zero-order chi connectivity index (χ0) is 18.1. The summed E-state index contributed by atoms with van der Waals surface area (Å²) in [4.78, 5) is 11.8. The molecule has 1 aromatic heterocycles. The first kappa shape index (κ1) is 18.0. The average Bonchev–Trinajstić information content (AvgIpc) is 2.89. The fourth-order valence-corrected chi connectivity index (χ4v) is 2.88. The summed E-state index contributed by atoms with van der Waals surface area (Å²) in [5.74, 6) is -1.47. The van der Waals surface area contributed by atoms with Crippen molar-refractivity contribution in [2.45, 2.75) is 18.0 Å². The maximum Gasteiger partial charge on any atom is 0.418 e. The summed E-state index contributed by atoms with van der Waals surface area (Å²) in [6, 6.07) is 5.37. The van der Waals surface area contributed by atoms with Crippen molar-refractivity contribution in [3.63, 3.8) is 0 Å². The van der Waals surface area contributed by atoms with Gasteiger partial charge in [0.2, 0.25) is 10.0 Å². The van der Waals surface area contributed by atoms with Crippen LogP contribution in [-0.2, 0) is 16.2 Å². The lowest BCUT2D eigenvalue weighted by molar-refractivity contribution is -0.136. The highest BCUT2D eigenvalue weighted by atomic mass is 32.2. The molecule has 0 saturated carbocycles. The molecular weight excluding hydrogens is 349 g/mol. The SMILES string of the molecule is CNS(=O)(=O)c1cc(C(=O)Nc2ccccc2C(F)(F)F)oc1C. The van der Waals surface area contributed by atoms with Crippen LogP contribution in [0.25, 0.3) is 0 Å². The van der Waals surface area contributed by atoms with Crippen LogP contribution < -0.4 is 10.0 Å². The van der Waals surface area contributed by atoms with Crippen molar-refractivity contribution in [2.75, 3.05) is 12.4 Å². The highest BCUT2D eigenvalue weighted by molar-refractivity contribution is 7.89. The number of amides is 1. The van der Waals surface area contributed by atoms with E-state index in [1.807, 2.05) is 0 Å². The van der Waals surface area contributed by atoms with Crippen LogP contribution in [0.15, 0.2) is 39.6 Å². The first-order chi connectivity index (χ1) is 11.1. The monoisotopic (exact) mass is 362 g/mol. The molecule has 0 unspecified atom stereocenters. The number of aryl methyl sites for hydroxylation is 1. The predicted octanol–water partition coefficient (Wildman–Crippen LogP) is 2.77. The molecule has 2 rings (SSSR count). The number of halogens is 3. The van der Waals surface area contributed by atoms with E-state index in [4.69, 9.17) is 4.42 Å². The summed E-state index contributed by atoms with van der Waals surface area (Å²) < 4.78 is 69.3. The summed E-state index contributed by atoms with van der Waals surface area (Å²) in [6.07, 6.45) is -4.65. The lowest BCUT2D eigenvalue weighted by Gasteiger charge is -2.12. The van der Waals surface area contributed by atoms with Gasteiger partial charge in [-0.15, -0.1) is 0 Å². The smallest absolute Gasteiger partial charge is 0.418 e. The van der Waals surface area contributed by atoms with Gasteiger partial charge in [0.05, 0.1) is 11.3 Å². The van der Waals surface area contributed by atoms with E-state index in [-0.39, 0.29) is 10.7 Å². The number of nitrogens with one attached hydrogen (secondary N) is 2. The van der Waals surface area contributed by atoms with Crippen LogP contribution in [0.5, 0.6) is 0 Å². The van der Waals surface area contributed by atoms with Crippen molar-refractivity contribution in [2.24, 2.45) is 0 Å². The lowest BCUT2D eigenvalue weighted by atomic mass is 10.1. The highest BCUT2D eigenvalue weighted by Gasteiger charge is 2.34. The van der Waals surface area contributed by atoms with Crippen LogP contribution in [0, 0.1) is 6.92 Å². The van der Waals surface area contributed by atoms with Crippen LogP contribution in [0.4, 0.5) is 18.9 Å². The number of furan rings is 1. The molecule has 0 aliphatic heterocycles. The van der Waals surface area contributed by atoms with Crippen molar-refractivity contribution in [3.8, 4) is 0 Å². The standard InChI is InChI=1S/C14H13F3N2O4S/c1-8-12(24(21,22)18-2)7-11(23-8)13(20)19-10-6-4-3-5-9(10)14(15,16)17/h3-7,18H,1-2H3,(H,19,20). The topological polar surface area (TPSA) is 88.4 Å². The molecule has 0 atom stereocenters. The second kappa shape index (κ2) is 6.29. The van der Waals surface area contributed by atoms with Gasteiger partial charge in [0, 0.05) is 6.07 Å². The molecule has 10 heteroatoms. The Kier molecular flexibility index (Phi) is 4.72. The highest BCUT2D eigenvalue weighted by Crippen LogP contribution is 2.34. The molecule has 0 aliphatic rings. The second-order valence-corrected chi connectivity index (χ2v) is 6.59. The summed E-state index contributed by atoms with van der Waals surface area (Å²) in [7, 11) is -2.67. The van der Waals surface area contributed by atoms with Gasteiger partial charge in [-0.05, 0) is 26.1 Å². The Balaban J connectivity index is 2.35. The van der Waals surface area contributed by atoms with Crippen molar-refractivity contribution < 1.29 is 30.8 Å². The Bertz CT molecular complexity index is 872. The Morgan fingerprint density at radius 3 is 2.42 bits per heavy atom. The molecule has 1 amide bonds. The van der Waals surface area contributed by atoms with Crippen LogP contribution in [0.1, 0.15) is 21.9 Å². The van der Waals surface area contributed by atoms with E-state index in [0.29, 0.717) is 0 Å². The van der Waals surface area contributed by atoms with Crippen molar-refractivity contribution in [1.82, 2.24) is 4.72 Å². The number of alkyl halides is 3. The number of hydrogen-bond donors (Lipinski definition) is 2. The van der Waals surface area contributed by atoms with Gasteiger partial charge in [-0.1, -0.05) is 12.1 Å². The van der Waals surface area contributed by atoms with E-state index in [1.165, 1.54) is 26.1 Å². The summed E-state index contributed by atoms with van der Waals surface area (Å²) in [5, 5.41) is 2.08. The van der Waals surface area contributed by atoms with Gasteiger partial charge in [-0.25, -0.2) is 13.1 Å². The molecule has 0 radical (unpaired) electrons. The molecule has 0 bridgehead atoms. The molecule has 0 fully saturated rings. The van der Waals surface area contributed by atoms with Crippen LogP contribution in [-0.4, -0.2) is 21.4 Å². The van der Waals surface area contributed by atoms with Gasteiger partial charge < -0.3 is 9.73 Å². The van der Waals surface area contributed by atoms with E-state index in [0.717, 1.165) is 18.2 Å². The minimum atomic E-state index is -4.65. The number of hydrogen-bond acceptors (Lipinski definition) is 4. The third kappa shape index (κ3) is 3.60. The second-order valence-electron chi connectivity index (χ2n) is 4.74. The zero-order valence-electron chi connectivity index (χ0n) is 12.6. The molecule has 0 saturated heterocycles. The Morgan fingerprint density at radius 2 is 1.83 bits per heavy atom. The molecule has 24 heavy (non-hydrogen) atoms. The summed E-state index contributed by atoms with van der Waals surface area (Å²) in [6.45, 7) is 1.32. The Labute approximate surface area is 135 Å². The van der Waals surface area contributed by atoms with Gasteiger partial charge in [-0.2, -0.15) is 13.2 Å². The number of rotatable bonds is 4. The van der Waals surface area contributed by atoms with Crippen LogP contribution in [0.3, 0.4) is 0 Å². The van der Waals surface area contributed by atoms with E-state index >= 15 is 0 Å². The molecule has 1 heterocycles. The first-order valence-electron chi connectivity index (χ1n) is 6.58. The maximum absolute atomic E-state index is 12.9. The first-order valence-corrected chi connectivity index (χ1v) is 8.06. The van der Waals surface area contributed by atoms with E-state index < -0.39 is 39.1 Å². The van der Waals surface area contributed by atoms with Gasteiger partial charge >= 0.3 is 6.18 Å². The van der Waals surface area contributed by atoms with Gasteiger partial charge in [-0.3, -0.25) is 4.79 Å². The third-order valence-electron chi connectivity index (χ3n) is 3.13. The fourth-order valence-electron chi connectivity index (χ4n) is 1.98. The zero-order valence-corrected chi connectivity index (χ0v) is 13.4. The summed E-state index contributed by atoms with van der Waals surface area (Å²) in [5.41, 5.74) is -1.48. The maximum atomic E-state index is 12.9. The Hall–Kier alpha value is -2.33. The van der Waals surface area contributed by atoms with E-state index in [1.54, 1.807) is 0 Å². The van der Waals surface area contributed by atoms with Gasteiger partial charge in [0.25, 0.3) is 5.91 Å². The number of para-hydroxylation sites is 1. The normalized spacial score (nSPS) is 12.2. The number of sulfonamides is 1. The molecule has 2 N–H and O–H groups in total. The quantitative estimate of drug-likeness (QED) is 0.875. The fraction of sp³-hybridized carbons (Fsp3) is 0.214. The molecule has 0 spiro atoms. The van der Waals surface area contributed by atoms with E-state index in [2.05, 4.69) is 10.0 Å². The molecule has 6 nitrogen and oxygen atoms in total. The molecule has 2 aromatic rings. The van der Waals surface area contributed by atoms with Crippen molar-refractivity contribution in [3.05, 3.63) is 47.4 Å². The number of carbonyl (C=O) groups excluding carboxylic acids is 1. The number of anilines is 1. The van der Waals surface area contributed by atoms with Crippen LogP contribution >= 0.6 is 0 Å². The number of benzene rings is 1.